The summed E-state index contributed by atoms with van der Waals surface area (Å²) in [5, 5.41) is 11.1. The molecule has 0 heterocycles. The van der Waals surface area contributed by atoms with Crippen LogP contribution in [0, 0.1) is 5.92 Å². The summed E-state index contributed by atoms with van der Waals surface area (Å²) < 4.78 is 32.9. The van der Waals surface area contributed by atoms with Gasteiger partial charge in [0.15, 0.2) is 0 Å². The van der Waals surface area contributed by atoms with Crippen molar-refractivity contribution in [2.24, 2.45) is 5.92 Å². The molecule has 0 aromatic heterocycles. The average molecular weight is 347 g/mol. The van der Waals surface area contributed by atoms with Gasteiger partial charge in [0, 0.05) is 6.54 Å². The number of hydrogen-bond donors (Lipinski definition) is 2. The third kappa shape index (κ3) is 3.31. The predicted octanol–water partition coefficient (Wildman–Crippen LogP) is 2.27. The van der Waals surface area contributed by atoms with Crippen LogP contribution in [-0.2, 0) is 15.6 Å². The van der Waals surface area contributed by atoms with Crippen LogP contribution in [0.3, 0.4) is 0 Å². The second-order valence-electron chi connectivity index (χ2n) is 6.04. The van der Waals surface area contributed by atoms with Crippen LogP contribution in [0.2, 0.25) is 0 Å². The van der Waals surface area contributed by atoms with Gasteiger partial charge in [0.05, 0.1) is 7.11 Å². The molecule has 0 aliphatic heterocycles. The molecule has 128 valence electrons. The first-order chi connectivity index (χ1) is 11.5. The van der Waals surface area contributed by atoms with E-state index >= 15 is 0 Å². The SMILES string of the molecule is COc1ccccc1S(=O)(=O)NCC(O)(c1ccccc1)C1CC1. The highest BCUT2D eigenvalue weighted by molar-refractivity contribution is 7.89. The second kappa shape index (κ2) is 6.55. The summed E-state index contributed by atoms with van der Waals surface area (Å²) in [6.45, 7) is -0.0674. The molecule has 1 fully saturated rings. The van der Waals surface area contributed by atoms with Gasteiger partial charge < -0.3 is 9.84 Å². The third-order valence-corrected chi connectivity index (χ3v) is 5.86. The molecule has 0 amide bonds. The number of rotatable bonds is 7. The highest BCUT2D eigenvalue weighted by Gasteiger charge is 2.45. The maximum absolute atomic E-state index is 12.6. The Balaban J connectivity index is 1.85. The first-order valence-corrected chi connectivity index (χ1v) is 9.36. The minimum absolute atomic E-state index is 0.0674. The van der Waals surface area contributed by atoms with Crippen LogP contribution in [0.15, 0.2) is 59.5 Å². The van der Waals surface area contributed by atoms with Crippen molar-refractivity contribution < 1.29 is 18.3 Å². The number of ether oxygens (including phenoxy) is 1. The van der Waals surface area contributed by atoms with Gasteiger partial charge in [-0.1, -0.05) is 42.5 Å². The van der Waals surface area contributed by atoms with Gasteiger partial charge in [-0.15, -0.1) is 0 Å². The van der Waals surface area contributed by atoms with Crippen LogP contribution < -0.4 is 9.46 Å². The van der Waals surface area contributed by atoms with E-state index < -0.39 is 15.6 Å². The lowest BCUT2D eigenvalue weighted by Gasteiger charge is -2.29. The number of aliphatic hydroxyl groups is 1. The van der Waals surface area contributed by atoms with Crippen molar-refractivity contribution in [3.8, 4) is 5.75 Å². The number of sulfonamides is 1. The molecular formula is C18H21NO4S. The standard InChI is InChI=1S/C18H21NO4S/c1-23-16-9-5-6-10-17(16)24(21,22)19-13-18(20,15-11-12-15)14-7-3-2-4-8-14/h2-10,15,19-20H,11-13H2,1H3. The highest BCUT2D eigenvalue weighted by atomic mass is 32.2. The van der Waals surface area contributed by atoms with Crippen molar-refractivity contribution in [1.82, 2.24) is 4.72 Å². The molecule has 0 spiro atoms. The number of benzene rings is 2. The summed E-state index contributed by atoms with van der Waals surface area (Å²) >= 11 is 0. The fourth-order valence-corrected chi connectivity index (χ4v) is 4.13. The highest BCUT2D eigenvalue weighted by Crippen LogP contribution is 2.45. The lowest BCUT2D eigenvalue weighted by molar-refractivity contribution is 0.0185. The normalized spacial score (nSPS) is 17.2. The Kier molecular flexibility index (Phi) is 4.62. The van der Waals surface area contributed by atoms with Gasteiger partial charge in [-0.2, -0.15) is 0 Å². The van der Waals surface area contributed by atoms with E-state index in [9.17, 15) is 13.5 Å². The van der Waals surface area contributed by atoms with Crippen molar-refractivity contribution in [2.45, 2.75) is 23.3 Å². The van der Waals surface area contributed by atoms with Crippen LogP contribution in [0.25, 0.3) is 0 Å². The molecule has 0 bridgehead atoms. The molecule has 0 saturated heterocycles. The Bertz CT molecular complexity index is 803. The summed E-state index contributed by atoms with van der Waals surface area (Å²) in [6, 6.07) is 15.7. The smallest absolute Gasteiger partial charge is 0.244 e. The van der Waals surface area contributed by atoms with Crippen LogP contribution in [-0.4, -0.2) is 27.2 Å². The fraction of sp³-hybridized carbons (Fsp3) is 0.333. The largest absolute Gasteiger partial charge is 0.495 e. The lowest BCUT2D eigenvalue weighted by Crippen LogP contribution is -2.42. The molecule has 24 heavy (non-hydrogen) atoms. The maximum atomic E-state index is 12.6. The lowest BCUT2D eigenvalue weighted by atomic mass is 9.89. The summed E-state index contributed by atoms with van der Waals surface area (Å²) in [7, 11) is -2.36. The van der Waals surface area contributed by atoms with E-state index in [1.807, 2.05) is 30.3 Å². The molecule has 6 heteroatoms. The van der Waals surface area contributed by atoms with E-state index in [1.54, 1.807) is 18.2 Å². The van der Waals surface area contributed by atoms with Gasteiger partial charge >= 0.3 is 0 Å². The van der Waals surface area contributed by atoms with E-state index in [0.29, 0.717) is 0 Å². The second-order valence-corrected chi connectivity index (χ2v) is 7.78. The monoisotopic (exact) mass is 347 g/mol. The molecule has 3 rings (SSSR count). The molecule has 2 aromatic rings. The van der Waals surface area contributed by atoms with E-state index in [1.165, 1.54) is 13.2 Å². The number of nitrogens with one attached hydrogen (secondary N) is 1. The third-order valence-electron chi connectivity index (χ3n) is 4.42. The molecule has 1 aliphatic rings. The van der Waals surface area contributed by atoms with Gasteiger partial charge in [0.25, 0.3) is 0 Å². The van der Waals surface area contributed by atoms with E-state index in [-0.39, 0.29) is 23.1 Å². The van der Waals surface area contributed by atoms with E-state index in [2.05, 4.69) is 4.72 Å². The number of hydrogen-bond acceptors (Lipinski definition) is 4. The molecule has 2 aromatic carbocycles. The molecule has 0 radical (unpaired) electrons. The van der Waals surface area contributed by atoms with Crippen molar-refractivity contribution in [1.29, 1.82) is 0 Å². The van der Waals surface area contributed by atoms with Crippen LogP contribution >= 0.6 is 0 Å². The van der Waals surface area contributed by atoms with Gasteiger partial charge in [-0.25, -0.2) is 13.1 Å². The quantitative estimate of drug-likeness (QED) is 0.806. The van der Waals surface area contributed by atoms with E-state index in [4.69, 9.17) is 4.74 Å². The summed E-state index contributed by atoms with van der Waals surface area (Å²) in [6.07, 6.45) is 1.78. The maximum Gasteiger partial charge on any atom is 0.244 e. The topological polar surface area (TPSA) is 75.6 Å². The van der Waals surface area contributed by atoms with Gasteiger partial charge in [0.1, 0.15) is 16.2 Å². The Morgan fingerprint density at radius 3 is 2.38 bits per heavy atom. The van der Waals surface area contributed by atoms with Crippen LogP contribution in [0.4, 0.5) is 0 Å². The van der Waals surface area contributed by atoms with Crippen molar-refractivity contribution in [3.05, 3.63) is 60.2 Å². The molecule has 1 saturated carbocycles. The summed E-state index contributed by atoms with van der Waals surface area (Å²) in [5.74, 6) is 0.347. The van der Waals surface area contributed by atoms with Crippen LogP contribution in [0.5, 0.6) is 5.75 Å². The van der Waals surface area contributed by atoms with Gasteiger partial charge in [0.2, 0.25) is 10.0 Å². The zero-order chi connectivity index (χ0) is 17.2. The first-order valence-electron chi connectivity index (χ1n) is 7.88. The number of methoxy groups -OCH3 is 1. The van der Waals surface area contributed by atoms with Gasteiger partial charge in [-0.3, -0.25) is 0 Å². The summed E-state index contributed by atoms with van der Waals surface area (Å²) in [5.41, 5.74) is -0.466. The van der Waals surface area contributed by atoms with Crippen molar-refractivity contribution in [3.63, 3.8) is 0 Å². The average Bonchev–Trinajstić information content (AvgIpc) is 3.46. The number of para-hydroxylation sites is 1. The molecule has 1 atom stereocenters. The minimum atomic E-state index is -3.78. The molecule has 1 unspecified atom stereocenters. The Morgan fingerprint density at radius 1 is 1.12 bits per heavy atom. The van der Waals surface area contributed by atoms with Crippen molar-refractivity contribution >= 4 is 10.0 Å². The molecule has 2 N–H and O–H groups in total. The van der Waals surface area contributed by atoms with Crippen molar-refractivity contribution in [2.75, 3.05) is 13.7 Å². The Hall–Kier alpha value is -1.89. The minimum Gasteiger partial charge on any atom is -0.495 e. The predicted molar refractivity (Wildman–Crippen MR) is 91.2 cm³/mol. The summed E-state index contributed by atoms with van der Waals surface area (Å²) in [4.78, 5) is 0.0682. The molecule has 5 nitrogen and oxygen atoms in total. The molecule has 1 aliphatic carbocycles. The van der Waals surface area contributed by atoms with Gasteiger partial charge in [-0.05, 0) is 36.5 Å². The molecular weight excluding hydrogens is 326 g/mol. The zero-order valence-electron chi connectivity index (χ0n) is 13.5. The Labute approximate surface area is 142 Å². The fourth-order valence-electron chi connectivity index (χ4n) is 2.89. The Morgan fingerprint density at radius 2 is 1.75 bits per heavy atom. The zero-order valence-corrected chi connectivity index (χ0v) is 14.3. The first kappa shape index (κ1) is 17.0. The van der Waals surface area contributed by atoms with Crippen LogP contribution in [0.1, 0.15) is 18.4 Å². The van der Waals surface area contributed by atoms with E-state index in [0.717, 1.165) is 18.4 Å².